The number of carbonyl (C=O) groups is 1. The first-order chi connectivity index (χ1) is 7.11. The summed E-state index contributed by atoms with van der Waals surface area (Å²) in [7, 11) is 0. The second-order valence-corrected chi connectivity index (χ2v) is 5.63. The second-order valence-electron chi connectivity index (χ2n) is 5.63. The minimum atomic E-state index is -0.535. The van der Waals surface area contributed by atoms with Crippen molar-refractivity contribution < 1.29 is 14.6 Å². The van der Waals surface area contributed by atoms with Gasteiger partial charge < -0.3 is 15.2 Å². The quantitative estimate of drug-likeness (QED) is 0.780. The van der Waals surface area contributed by atoms with Crippen LogP contribution in [0.4, 0.5) is 4.79 Å². The van der Waals surface area contributed by atoms with Gasteiger partial charge in [-0.25, -0.2) is 4.79 Å². The molecule has 2 N–H and O–H groups in total. The van der Waals surface area contributed by atoms with E-state index in [0.29, 0.717) is 12.3 Å². The van der Waals surface area contributed by atoms with E-state index in [0.717, 1.165) is 0 Å². The van der Waals surface area contributed by atoms with Crippen molar-refractivity contribution in [1.29, 1.82) is 0 Å². The molecule has 16 heavy (non-hydrogen) atoms. The number of aliphatic hydroxyl groups is 1. The van der Waals surface area contributed by atoms with E-state index < -0.39 is 17.8 Å². The number of alkyl carbamates (subject to hydrolysis) is 1. The molecule has 2 atom stereocenters. The summed E-state index contributed by atoms with van der Waals surface area (Å²) >= 11 is 0. The van der Waals surface area contributed by atoms with Crippen LogP contribution in [-0.4, -0.2) is 28.9 Å². The smallest absolute Gasteiger partial charge is 0.407 e. The van der Waals surface area contributed by atoms with E-state index in [9.17, 15) is 9.90 Å². The van der Waals surface area contributed by atoms with E-state index in [1.54, 1.807) is 6.92 Å². The van der Waals surface area contributed by atoms with Crippen molar-refractivity contribution in [3.63, 3.8) is 0 Å². The summed E-state index contributed by atoms with van der Waals surface area (Å²) in [6, 6.07) is -0.294. The summed E-state index contributed by atoms with van der Waals surface area (Å²) in [6.45, 7) is 11.3. The molecule has 0 saturated carbocycles. The van der Waals surface area contributed by atoms with Crippen LogP contribution in [0.15, 0.2) is 0 Å². The van der Waals surface area contributed by atoms with Crippen molar-refractivity contribution >= 4 is 6.09 Å². The highest BCUT2D eigenvalue weighted by Crippen LogP contribution is 2.10. The lowest BCUT2D eigenvalue weighted by molar-refractivity contribution is 0.0416. The Morgan fingerprint density at radius 2 is 1.81 bits per heavy atom. The standard InChI is InChI=1S/C12H25NO3/c1-8(2)7-10(14)9(3)13-11(15)16-12(4,5)6/h8-10,14H,7H2,1-6H3,(H,13,15)/t9-,10?/m0/s1. The molecule has 0 aromatic heterocycles. The first kappa shape index (κ1) is 15.2. The van der Waals surface area contributed by atoms with E-state index in [-0.39, 0.29) is 6.04 Å². The predicted molar refractivity (Wildman–Crippen MR) is 64.3 cm³/mol. The van der Waals surface area contributed by atoms with E-state index >= 15 is 0 Å². The third-order valence-corrected chi connectivity index (χ3v) is 2.03. The van der Waals surface area contributed by atoms with Gasteiger partial charge in [0.05, 0.1) is 12.1 Å². The van der Waals surface area contributed by atoms with Crippen molar-refractivity contribution in [2.45, 2.75) is 65.7 Å². The molecule has 0 aliphatic carbocycles. The maximum absolute atomic E-state index is 11.4. The molecule has 4 heteroatoms. The van der Waals surface area contributed by atoms with Crippen LogP contribution in [0.2, 0.25) is 0 Å². The monoisotopic (exact) mass is 231 g/mol. The van der Waals surface area contributed by atoms with Gasteiger partial charge in [0.1, 0.15) is 5.60 Å². The fourth-order valence-corrected chi connectivity index (χ4v) is 1.28. The number of ether oxygens (including phenoxy) is 1. The zero-order chi connectivity index (χ0) is 12.9. The summed E-state index contributed by atoms with van der Waals surface area (Å²) in [5, 5.41) is 12.4. The molecule has 0 heterocycles. The topological polar surface area (TPSA) is 58.6 Å². The highest BCUT2D eigenvalue weighted by molar-refractivity contribution is 5.68. The number of hydrogen-bond donors (Lipinski definition) is 2. The van der Waals surface area contributed by atoms with E-state index in [4.69, 9.17) is 4.74 Å². The van der Waals surface area contributed by atoms with Crippen molar-refractivity contribution in [2.75, 3.05) is 0 Å². The number of nitrogens with one attached hydrogen (secondary N) is 1. The Labute approximate surface area is 98.4 Å². The molecule has 0 spiro atoms. The van der Waals surface area contributed by atoms with Gasteiger partial charge in [0, 0.05) is 0 Å². The fourth-order valence-electron chi connectivity index (χ4n) is 1.28. The Kier molecular flexibility index (Phi) is 5.79. The van der Waals surface area contributed by atoms with Crippen molar-refractivity contribution in [3.05, 3.63) is 0 Å². The molecular formula is C12H25NO3. The molecule has 1 unspecified atom stereocenters. The number of amides is 1. The van der Waals surface area contributed by atoms with Crippen molar-refractivity contribution in [2.24, 2.45) is 5.92 Å². The van der Waals surface area contributed by atoms with Crippen LogP contribution >= 0.6 is 0 Å². The Hall–Kier alpha value is -0.770. The Balaban J connectivity index is 4.04. The molecule has 0 aliphatic heterocycles. The molecule has 0 aromatic carbocycles. The van der Waals surface area contributed by atoms with Crippen LogP contribution in [0.25, 0.3) is 0 Å². The van der Waals surface area contributed by atoms with Crippen molar-refractivity contribution in [1.82, 2.24) is 5.32 Å². The summed E-state index contributed by atoms with van der Waals surface area (Å²) in [5.74, 6) is 0.401. The van der Waals surface area contributed by atoms with Gasteiger partial charge in [0.15, 0.2) is 0 Å². The number of carbonyl (C=O) groups excluding carboxylic acids is 1. The molecule has 0 bridgehead atoms. The maximum atomic E-state index is 11.4. The van der Waals surface area contributed by atoms with Gasteiger partial charge in [-0.15, -0.1) is 0 Å². The highest BCUT2D eigenvalue weighted by atomic mass is 16.6. The molecule has 96 valence electrons. The molecule has 0 aliphatic rings. The second kappa shape index (κ2) is 6.09. The van der Waals surface area contributed by atoms with Crippen LogP contribution in [-0.2, 0) is 4.74 Å². The predicted octanol–water partition coefficient (Wildman–Crippen LogP) is 2.31. The zero-order valence-electron chi connectivity index (χ0n) is 11.2. The maximum Gasteiger partial charge on any atom is 0.407 e. The van der Waals surface area contributed by atoms with Crippen LogP contribution in [0, 0.1) is 5.92 Å². The molecule has 0 rings (SSSR count). The average molecular weight is 231 g/mol. The van der Waals surface area contributed by atoms with Gasteiger partial charge in [-0.3, -0.25) is 0 Å². The van der Waals surface area contributed by atoms with Crippen LogP contribution in [0.1, 0.15) is 48.0 Å². The van der Waals surface area contributed by atoms with Crippen LogP contribution in [0.3, 0.4) is 0 Å². The third kappa shape index (κ3) is 7.51. The largest absolute Gasteiger partial charge is 0.444 e. The lowest BCUT2D eigenvalue weighted by atomic mass is 10.0. The number of aliphatic hydroxyl groups excluding tert-OH is 1. The van der Waals surface area contributed by atoms with Gasteiger partial charge in [0.2, 0.25) is 0 Å². The Bertz CT molecular complexity index is 221. The van der Waals surface area contributed by atoms with Gasteiger partial charge in [-0.05, 0) is 40.0 Å². The van der Waals surface area contributed by atoms with Crippen LogP contribution < -0.4 is 5.32 Å². The number of rotatable bonds is 4. The molecule has 1 amide bonds. The molecular weight excluding hydrogens is 206 g/mol. The van der Waals surface area contributed by atoms with Crippen molar-refractivity contribution in [3.8, 4) is 0 Å². The van der Waals surface area contributed by atoms with Gasteiger partial charge in [-0.2, -0.15) is 0 Å². The molecule has 4 nitrogen and oxygen atoms in total. The van der Waals surface area contributed by atoms with Gasteiger partial charge in [-0.1, -0.05) is 13.8 Å². The van der Waals surface area contributed by atoms with Crippen LogP contribution in [0.5, 0.6) is 0 Å². The van der Waals surface area contributed by atoms with Gasteiger partial charge in [0.25, 0.3) is 0 Å². The minimum Gasteiger partial charge on any atom is -0.444 e. The normalized spacial score (nSPS) is 15.8. The Morgan fingerprint density at radius 1 is 1.31 bits per heavy atom. The molecule has 0 fully saturated rings. The number of hydrogen-bond acceptors (Lipinski definition) is 3. The first-order valence-electron chi connectivity index (χ1n) is 5.79. The summed E-state index contributed by atoms with van der Waals surface area (Å²) in [5.41, 5.74) is -0.507. The molecule has 0 aromatic rings. The Morgan fingerprint density at radius 3 is 2.19 bits per heavy atom. The summed E-state index contributed by atoms with van der Waals surface area (Å²) in [6.07, 6.45) is -0.355. The SMILES string of the molecule is CC(C)CC(O)[C@H](C)NC(=O)OC(C)(C)C. The molecule has 0 saturated heterocycles. The molecule has 0 radical (unpaired) electrons. The summed E-state index contributed by atoms with van der Waals surface area (Å²) < 4.78 is 5.10. The summed E-state index contributed by atoms with van der Waals surface area (Å²) in [4.78, 5) is 11.4. The van der Waals surface area contributed by atoms with E-state index in [1.165, 1.54) is 0 Å². The average Bonchev–Trinajstić information content (AvgIpc) is 1.98. The fraction of sp³-hybridized carbons (Fsp3) is 0.917. The highest BCUT2D eigenvalue weighted by Gasteiger charge is 2.21. The lowest BCUT2D eigenvalue weighted by Gasteiger charge is -2.25. The minimum absolute atomic E-state index is 0.294. The van der Waals surface area contributed by atoms with E-state index in [2.05, 4.69) is 5.32 Å². The first-order valence-corrected chi connectivity index (χ1v) is 5.79. The van der Waals surface area contributed by atoms with Gasteiger partial charge >= 0.3 is 6.09 Å². The zero-order valence-corrected chi connectivity index (χ0v) is 11.2. The lowest BCUT2D eigenvalue weighted by Crippen LogP contribution is -2.44. The van der Waals surface area contributed by atoms with E-state index in [1.807, 2.05) is 34.6 Å². The third-order valence-electron chi connectivity index (χ3n) is 2.03.